The molecule has 0 aliphatic carbocycles. The molecule has 0 amide bonds. The molecule has 0 radical (unpaired) electrons. The number of aliphatic hydroxyl groups excluding tert-OH is 1. The van der Waals surface area contributed by atoms with Crippen LogP contribution in [-0.2, 0) is 18.0 Å². The van der Waals surface area contributed by atoms with Crippen molar-refractivity contribution in [1.82, 2.24) is 0 Å². The molecular formula is C26H46O2. The molecule has 0 bridgehead atoms. The van der Waals surface area contributed by atoms with Gasteiger partial charge >= 0.3 is 0 Å². The highest BCUT2D eigenvalue weighted by molar-refractivity contribution is 5.25. The Kier molecular flexibility index (Phi) is 17.5. The Morgan fingerprint density at radius 2 is 1.04 bits per heavy atom. The fourth-order valence-corrected chi connectivity index (χ4v) is 3.79. The number of rotatable bonds is 20. The van der Waals surface area contributed by atoms with E-state index >= 15 is 0 Å². The molecule has 1 N–H and O–H groups in total. The van der Waals surface area contributed by atoms with Gasteiger partial charge in [0.05, 0.1) is 13.2 Å². The minimum atomic E-state index is 0.0958. The van der Waals surface area contributed by atoms with Crippen LogP contribution in [0, 0.1) is 0 Å². The lowest BCUT2D eigenvalue weighted by molar-refractivity contribution is 0.115. The van der Waals surface area contributed by atoms with Crippen LogP contribution in [0.3, 0.4) is 0 Å². The molecule has 0 aliphatic rings. The maximum Gasteiger partial charge on any atom is 0.0720 e. The maximum absolute atomic E-state index is 9.31. The van der Waals surface area contributed by atoms with E-state index < -0.39 is 0 Å². The molecule has 28 heavy (non-hydrogen) atoms. The van der Waals surface area contributed by atoms with E-state index in [9.17, 15) is 5.11 Å². The summed E-state index contributed by atoms with van der Waals surface area (Å²) in [5, 5.41) is 9.31. The highest BCUT2D eigenvalue weighted by atomic mass is 16.5. The molecule has 1 rings (SSSR count). The third-order valence-corrected chi connectivity index (χ3v) is 5.69. The van der Waals surface area contributed by atoms with Gasteiger partial charge < -0.3 is 9.84 Å². The summed E-state index contributed by atoms with van der Waals surface area (Å²) in [6, 6.07) is 7.98. The van der Waals surface area contributed by atoms with Gasteiger partial charge in [-0.05, 0) is 17.5 Å². The zero-order valence-electron chi connectivity index (χ0n) is 18.6. The quantitative estimate of drug-likeness (QED) is 0.229. The average molecular weight is 391 g/mol. The van der Waals surface area contributed by atoms with Crippen molar-refractivity contribution in [3.63, 3.8) is 0 Å². The number of hydrogen-bond acceptors (Lipinski definition) is 2. The smallest absolute Gasteiger partial charge is 0.0720 e. The summed E-state index contributed by atoms with van der Waals surface area (Å²) in [5.74, 6) is 0. The van der Waals surface area contributed by atoms with Crippen LogP contribution in [0.25, 0.3) is 0 Å². The topological polar surface area (TPSA) is 29.5 Å². The molecule has 0 fully saturated rings. The first kappa shape index (κ1) is 25.2. The summed E-state index contributed by atoms with van der Waals surface area (Å²) in [4.78, 5) is 0. The molecule has 0 unspecified atom stereocenters. The zero-order valence-corrected chi connectivity index (χ0v) is 18.6. The van der Waals surface area contributed by atoms with Crippen LogP contribution in [0.4, 0.5) is 0 Å². The normalized spacial score (nSPS) is 11.2. The fraction of sp³-hybridized carbons (Fsp3) is 0.769. The summed E-state index contributed by atoms with van der Waals surface area (Å²) in [7, 11) is 0. The Labute approximate surface area is 175 Å². The number of benzene rings is 1. The van der Waals surface area contributed by atoms with Crippen LogP contribution in [-0.4, -0.2) is 11.7 Å². The highest BCUT2D eigenvalue weighted by Gasteiger charge is 2.00. The predicted octanol–water partition coefficient (Wildman–Crippen LogP) is 7.96. The van der Waals surface area contributed by atoms with Crippen LogP contribution in [0.5, 0.6) is 0 Å². The molecule has 0 saturated heterocycles. The average Bonchev–Trinajstić information content (AvgIpc) is 2.73. The molecule has 0 saturated carbocycles. The van der Waals surface area contributed by atoms with Gasteiger partial charge in [-0.3, -0.25) is 0 Å². The SMILES string of the molecule is CCCCCCCCCCCCCCCCCCOCc1ccccc1CO. The molecule has 0 aliphatic heterocycles. The lowest BCUT2D eigenvalue weighted by Crippen LogP contribution is -1.99. The molecular weight excluding hydrogens is 344 g/mol. The second kappa shape index (κ2) is 19.5. The van der Waals surface area contributed by atoms with Crippen molar-refractivity contribution in [1.29, 1.82) is 0 Å². The van der Waals surface area contributed by atoms with Gasteiger partial charge in [0.1, 0.15) is 0 Å². The van der Waals surface area contributed by atoms with Crippen LogP contribution in [0.2, 0.25) is 0 Å². The van der Waals surface area contributed by atoms with Crippen LogP contribution in [0.15, 0.2) is 24.3 Å². The van der Waals surface area contributed by atoms with Crippen molar-refractivity contribution in [3.05, 3.63) is 35.4 Å². The molecule has 0 spiro atoms. The highest BCUT2D eigenvalue weighted by Crippen LogP contribution is 2.14. The molecule has 2 nitrogen and oxygen atoms in total. The van der Waals surface area contributed by atoms with Gasteiger partial charge in [-0.1, -0.05) is 128 Å². The third-order valence-electron chi connectivity index (χ3n) is 5.69. The Hall–Kier alpha value is -0.860. The van der Waals surface area contributed by atoms with Crippen molar-refractivity contribution >= 4 is 0 Å². The first-order valence-electron chi connectivity index (χ1n) is 12.1. The second-order valence-electron chi connectivity index (χ2n) is 8.28. The van der Waals surface area contributed by atoms with Gasteiger partial charge in [0.2, 0.25) is 0 Å². The van der Waals surface area contributed by atoms with E-state index in [4.69, 9.17) is 4.74 Å². The van der Waals surface area contributed by atoms with Crippen LogP contribution >= 0.6 is 0 Å². The standard InChI is InChI=1S/C26H46O2/c1-2-3-4-5-6-7-8-9-10-11-12-13-14-15-16-19-22-28-24-26-21-18-17-20-25(26)23-27/h17-18,20-21,27H,2-16,19,22-24H2,1H3. The fourth-order valence-electron chi connectivity index (χ4n) is 3.79. The summed E-state index contributed by atoms with van der Waals surface area (Å²) < 4.78 is 5.77. The lowest BCUT2D eigenvalue weighted by Gasteiger charge is -2.08. The Balaban J connectivity index is 1.76. The number of aliphatic hydroxyl groups is 1. The Bertz CT molecular complexity index is 444. The van der Waals surface area contributed by atoms with E-state index in [-0.39, 0.29) is 6.61 Å². The summed E-state index contributed by atoms with van der Waals surface area (Å²) in [5.41, 5.74) is 2.09. The van der Waals surface area contributed by atoms with E-state index in [1.807, 2.05) is 24.3 Å². The van der Waals surface area contributed by atoms with Crippen molar-refractivity contribution < 1.29 is 9.84 Å². The van der Waals surface area contributed by atoms with Gasteiger partial charge in [0.15, 0.2) is 0 Å². The van der Waals surface area contributed by atoms with Gasteiger partial charge in [-0.2, -0.15) is 0 Å². The third kappa shape index (κ3) is 14.2. The molecule has 1 aromatic carbocycles. The minimum absolute atomic E-state index is 0.0958. The molecule has 1 aromatic rings. The van der Waals surface area contributed by atoms with Crippen LogP contribution in [0.1, 0.15) is 121 Å². The van der Waals surface area contributed by atoms with Crippen molar-refractivity contribution in [3.8, 4) is 0 Å². The summed E-state index contributed by atoms with van der Waals surface area (Å²) in [6.07, 6.45) is 22.3. The largest absolute Gasteiger partial charge is 0.392 e. The first-order valence-corrected chi connectivity index (χ1v) is 12.1. The maximum atomic E-state index is 9.31. The van der Waals surface area contributed by atoms with Crippen molar-refractivity contribution in [2.45, 2.75) is 123 Å². The minimum Gasteiger partial charge on any atom is -0.392 e. The lowest BCUT2D eigenvalue weighted by atomic mass is 10.0. The van der Waals surface area contributed by atoms with E-state index in [0.717, 1.165) is 24.2 Å². The summed E-state index contributed by atoms with van der Waals surface area (Å²) >= 11 is 0. The van der Waals surface area contributed by atoms with Gasteiger partial charge in [-0.15, -0.1) is 0 Å². The molecule has 0 heterocycles. The van der Waals surface area contributed by atoms with Crippen molar-refractivity contribution in [2.24, 2.45) is 0 Å². The van der Waals surface area contributed by atoms with Crippen molar-refractivity contribution in [2.75, 3.05) is 6.61 Å². The number of ether oxygens (including phenoxy) is 1. The van der Waals surface area contributed by atoms with Crippen LogP contribution < -0.4 is 0 Å². The van der Waals surface area contributed by atoms with E-state index in [1.165, 1.54) is 96.3 Å². The van der Waals surface area contributed by atoms with Gasteiger partial charge in [0, 0.05) is 6.61 Å². The predicted molar refractivity (Wildman–Crippen MR) is 122 cm³/mol. The van der Waals surface area contributed by atoms with E-state index in [0.29, 0.717) is 6.61 Å². The first-order chi connectivity index (χ1) is 13.9. The molecule has 162 valence electrons. The number of hydrogen-bond donors (Lipinski definition) is 1. The monoisotopic (exact) mass is 390 g/mol. The Morgan fingerprint density at radius 1 is 0.607 bits per heavy atom. The van der Waals surface area contributed by atoms with Gasteiger partial charge in [0.25, 0.3) is 0 Å². The second-order valence-corrected chi connectivity index (χ2v) is 8.28. The zero-order chi connectivity index (χ0) is 20.1. The van der Waals surface area contributed by atoms with E-state index in [1.54, 1.807) is 0 Å². The molecule has 0 atom stereocenters. The Morgan fingerprint density at radius 3 is 1.50 bits per heavy atom. The molecule has 0 aromatic heterocycles. The number of unbranched alkanes of at least 4 members (excludes halogenated alkanes) is 15. The van der Waals surface area contributed by atoms with Gasteiger partial charge in [-0.25, -0.2) is 0 Å². The van der Waals surface area contributed by atoms with E-state index in [2.05, 4.69) is 6.92 Å². The molecule has 2 heteroatoms. The summed E-state index contributed by atoms with van der Waals surface area (Å²) in [6.45, 7) is 3.84.